The number of carbonyl (C=O) groups excluding carboxylic acids is 2. The lowest BCUT2D eigenvalue weighted by atomic mass is 9.99. The van der Waals surface area contributed by atoms with Gasteiger partial charge in [0.2, 0.25) is 0 Å². The number of rotatable bonds is 4. The molecule has 0 aliphatic carbocycles. The van der Waals surface area contributed by atoms with Crippen LogP contribution in [0.4, 0.5) is 5.69 Å². The van der Waals surface area contributed by atoms with Gasteiger partial charge in [0, 0.05) is 17.8 Å². The van der Waals surface area contributed by atoms with Crippen molar-refractivity contribution in [1.82, 2.24) is 5.06 Å². The zero-order valence-corrected chi connectivity index (χ0v) is 16.6. The van der Waals surface area contributed by atoms with Crippen molar-refractivity contribution in [3.8, 4) is 0 Å². The number of nitrogens with one attached hydrogen (secondary N) is 1. The number of imide groups is 1. The molecule has 0 fully saturated rings. The fourth-order valence-corrected chi connectivity index (χ4v) is 3.56. The number of anilines is 1. The summed E-state index contributed by atoms with van der Waals surface area (Å²) in [7, 11) is 0. The number of hydrogen-bond acceptors (Lipinski definition) is 4. The molecule has 2 N–H and O–H groups in total. The molecule has 0 aromatic heterocycles. The summed E-state index contributed by atoms with van der Waals surface area (Å²) in [5.74, 6) is -1.52. The van der Waals surface area contributed by atoms with E-state index in [2.05, 4.69) is 5.32 Å². The Hall–Kier alpha value is -3.70. The molecule has 0 spiro atoms. The molecule has 150 valence electrons. The number of hydrogen-bond donors (Lipinski definition) is 2. The van der Waals surface area contributed by atoms with Crippen molar-refractivity contribution in [1.29, 1.82) is 0 Å². The molecule has 1 heterocycles. The van der Waals surface area contributed by atoms with Gasteiger partial charge in [0.1, 0.15) is 0 Å². The van der Waals surface area contributed by atoms with Gasteiger partial charge in [-0.05, 0) is 54.3 Å². The van der Waals surface area contributed by atoms with Crippen molar-refractivity contribution < 1.29 is 14.8 Å². The van der Waals surface area contributed by atoms with Crippen LogP contribution in [0.1, 0.15) is 32.6 Å². The molecule has 0 unspecified atom stereocenters. The van der Waals surface area contributed by atoms with Crippen LogP contribution in [-0.2, 0) is 11.2 Å². The number of benzene rings is 3. The first-order chi connectivity index (χ1) is 14.5. The van der Waals surface area contributed by atoms with Gasteiger partial charge in [-0.2, -0.15) is 0 Å². The summed E-state index contributed by atoms with van der Waals surface area (Å²) >= 11 is 0. The molecule has 0 bridgehead atoms. The summed E-state index contributed by atoms with van der Waals surface area (Å²) < 4.78 is 0. The van der Waals surface area contributed by atoms with Crippen LogP contribution in [0.3, 0.4) is 0 Å². The largest absolute Gasteiger partial charge is 0.384 e. The third-order valence-electron chi connectivity index (χ3n) is 5.12. The molecule has 4 rings (SSSR count). The molecule has 1 aliphatic rings. The minimum Gasteiger partial charge on any atom is -0.384 e. The van der Waals surface area contributed by atoms with Crippen LogP contribution in [0, 0.1) is 6.92 Å². The first-order valence-corrected chi connectivity index (χ1v) is 9.81. The van der Waals surface area contributed by atoms with E-state index in [-0.39, 0.29) is 16.2 Å². The predicted octanol–water partition coefficient (Wildman–Crippen LogP) is 4.56. The maximum atomic E-state index is 13.2. The molecular weight excluding hydrogens is 376 g/mol. The molecule has 3 aromatic rings. The van der Waals surface area contributed by atoms with E-state index < -0.39 is 11.8 Å². The predicted molar refractivity (Wildman–Crippen MR) is 117 cm³/mol. The molecule has 5 nitrogen and oxygen atoms in total. The normalized spacial score (nSPS) is 12.8. The third-order valence-corrected chi connectivity index (χ3v) is 5.12. The quantitative estimate of drug-likeness (QED) is 0.293. The van der Waals surface area contributed by atoms with Gasteiger partial charge in [-0.15, -0.1) is 5.06 Å². The Balaban J connectivity index is 1.69. The molecule has 1 aliphatic heterocycles. The van der Waals surface area contributed by atoms with Gasteiger partial charge in [0.05, 0.1) is 5.57 Å². The number of amides is 2. The second-order valence-corrected chi connectivity index (χ2v) is 7.31. The number of fused-ring (bicyclic) bond motifs is 1. The number of carbonyl (C=O) groups is 2. The summed E-state index contributed by atoms with van der Waals surface area (Å²) in [6.45, 7) is 2.74. The van der Waals surface area contributed by atoms with E-state index in [4.69, 9.17) is 0 Å². The van der Waals surface area contributed by atoms with Gasteiger partial charge in [-0.25, -0.2) is 0 Å². The molecule has 0 saturated heterocycles. The number of nitrogens with zero attached hydrogens (tertiary/aromatic N) is 1. The molecule has 2 amide bonds. The van der Waals surface area contributed by atoms with Gasteiger partial charge in [-0.1, -0.05) is 60.2 Å². The topological polar surface area (TPSA) is 69.6 Å². The van der Waals surface area contributed by atoms with Crippen LogP contribution in [0.25, 0.3) is 11.6 Å². The molecule has 5 heteroatoms. The average molecular weight is 398 g/mol. The smallest absolute Gasteiger partial charge is 0.285 e. The summed E-state index contributed by atoms with van der Waals surface area (Å²) in [6, 6.07) is 21.9. The van der Waals surface area contributed by atoms with Crippen LogP contribution in [-0.4, -0.2) is 28.6 Å². The summed E-state index contributed by atoms with van der Waals surface area (Å²) in [4.78, 5) is 26.0. The molecule has 3 aromatic carbocycles. The van der Waals surface area contributed by atoms with Crippen molar-refractivity contribution >= 4 is 29.2 Å². The van der Waals surface area contributed by atoms with Crippen LogP contribution < -0.4 is 5.32 Å². The fraction of sp³-hybridized carbons (Fsp3) is 0.120. The van der Waals surface area contributed by atoms with Crippen molar-refractivity contribution in [2.75, 3.05) is 11.9 Å². The van der Waals surface area contributed by atoms with E-state index in [1.165, 1.54) is 0 Å². The van der Waals surface area contributed by atoms with Gasteiger partial charge in [0.25, 0.3) is 11.8 Å². The monoisotopic (exact) mass is 398 g/mol. The Morgan fingerprint density at radius 1 is 0.967 bits per heavy atom. The Morgan fingerprint density at radius 3 is 2.53 bits per heavy atom. The second-order valence-electron chi connectivity index (χ2n) is 7.31. The second kappa shape index (κ2) is 8.35. The molecule has 0 atom stereocenters. The summed E-state index contributed by atoms with van der Waals surface area (Å²) in [5, 5.41) is 14.0. The highest BCUT2D eigenvalue weighted by molar-refractivity contribution is 6.28. The Kier molecular flexibility index (Phi) is 5.46. The standard InChI is InChI=1S/C25H22N2O3/c1-17-6-5-9-19(14-17)22(15-18-7-3-2-4-8-18)25(29)27(30)24(28)21-10-11-23-20(16-21)12-13-26-23/h2-11,14-16,26,30H,12-13H2,1H3. The Labute approximate surface area is 175 Å². The van der Waals surface area contributed by atoms with Gasteiger partial charge in [-0.3, -0.25) is 14.8 Å². The van der Waals surface area contributed by atoms with E-state index in [0.717, 1.165) is 35.3 Å². The van der Waals surface area contributed by atoms with E-state index in [1.54, 1.807) is 30.3 Å². The number of hydroxylamine groups is 2. The maximum Gasteiger partial charge on any atom is 0.285 e. The average Bonchev–Trinajstić information content (AvgIpc) is 3.24. The van der Waals surface area contributed by atoms with Crippen LogP contribution in [0.5, 0.6) is 0 Å². The molecule has 30 heavy (non-hydrogen) atoms. The van der Waals surface area contributed by atoms with Crippen LogP contribution >= 0.6 is 0 Å². The highest BCUT2D eigenvalue weighted by Crippen LogP contribution is 2.25. The summed E-state index contributed by atoms with van der Waals surface area (Å²) in [6.07, 6.45) is 2.48. The third kappa shape index (κ3) is 4.02. The van der Waals surface area contributed by atoms with Crippen LogP contribution in [0.15, 0.2) is 72.8 Å². The Morgan fingerprint density at radius 2 is 1.77 bits per heavy atom. The van der Waals surface area contributed by atoms with E-state index >= 15 is 0 Å². The van der Waals surface area contributed by atoms with Gasteiger partial charge >= 0.3 is 0 Å². The fourth-order valence-electron chi connectivity index (χ4n) is 3.56. The number of aryl methyl sites for hydroxylation is 1. The van der Waals surface area contributed by atoms with E-state index in [9.17, 15) is 14.8 Å². The van der Waals surface area contributed by atoms with Crippen molar-refractivity contribution in [2.24, 2.45) is 0 Å². The van der Waals surface area contributed by atoms with Crippen LogP contribution in [0.2, 0.25) is 0 Å². The minimum atomic E-state index is -0.770. The summed E-state index contributed by atoms with van der Waals surface area (Å²) in [5.41, 5.74) is 4.90. The Bertz CT molecular complexity index is 1140. The zero-order valence-electron chi connectivity index (χ0n) is 16.6. The lowest BCUT2D eigenvalue weighted by Gasteiger charge is -2.17. The minimum absolute atomic E-state index is 0.210. The van der Waals surface area contributed by atoms with E-state index in [0.29, 0.717) is 5.56 Å². The van der Waals surface area contributed by atoms with Gasteiger partial charge in [0.15, 0.2) is 0 Å². The van der Waals surface area contributed by atoms with Crippen molar-refractivity contribution in [3.05, 3.63) is 101 Å². The molecule has 0 saturated carbocycles. The molecular formula is C25H22N2O3. The van der Waals surface area contributed by atoms with Gasteiger partial charge < -0.3 is 5.32 Å². The highest BCUT2D eigenvalue weighted by Gasteiger charge is 2.26. The lowest BCUT2D eigenvalue weighted by Crippen LogP contribution is -2.34. The molecule has 0 radical (unpaired) electrons. The highest BCUT2D eigenvalue weighted by atomic mass is 16.5. The lowest BCUT2D eigenvalue weighted by molar-refractivity contribution is -0.146. The van der Waals surface area contributed by atoms with E-state index in [1.807, 2.05) is 55.5 Å². The SMILES string of the molecule is Cc1cccc(C(=Cc2ccccc2)C(=O)N(O)C(=O)c2ccc3c(c2)CCN3)c1. The maximum absolute atomic E-state index is 13.2. The first kappa shape index (κ1) is 19.6. The van der Waals surface area contributed by atoms with Crippen molar-refractivity contribution in [3.63, 3.8) is 0 Å². The van der Waals surface area contributed by atoms with Crippen molar-refractivity contribution in [2.45, 2.75) is 13.3 Å². The zero-order chi connectivity index (χ0) is 21.1. The first-order valence-electron chi connectivity index (χ1n) is 9.81.